The molecule has 3 N–H and O–H groups in total. The second-order valence-electron chi connectivity index (χ2n) is 9.77. The van der Waals surface area contributed by atoms with Gasteiger partial charge in [-0.25, -0.2) is 19.7 Å². The van der Waals surface area contributed by atoms with Gasteiger partial charge in [-0.2, -0.15) is 0 Å². The average Bonchev–Trinajstić information content (AvgIpc) is 3.65. The third-order valence-corrected chi connectivity index (χ3v) is 8.69. The highest BCUT2D eigenvalue weighted by atomic mass is 35.5. The highest BCUT2D eigenvalue weighted by molar-refractivity contribution is 7.19. The van der Waals surface area contributed by atoms with Gasteiger partial charge in [0.25, 0.3) is 0 Å². The Labute approximate surface area is 227 Å². The van der Waals surface area contributed by atoms with E-state index in [4.69, 9.17) is 37.7 Å². The fourth-order valence-electron chi connectivity index (χ4n) is 5.20. The van der Waals surface area contributed by atoms with E-state index >= 15 is 0 Å². The zero-order valence-corrected chi connectivity index (χ0v) is 22.7. The largest absolute Gasteiger partial charge is 0.443 e. The van der Waals surface area contributed by atoms with Crippen LogP contribution in [0.5, 0.6) is 0 Å². The Kier molecular flexibility index (Phi) is 6.64. The predicted octanol–water partition coefficient (Wildman–Crippen LogP) is 4.71. The second kappa shape index (κ2) is 9.94. The summed E-state index contributed by atoms with van der Waals surface area (Å²) in [5.41, 5.74) is 1.84. The second-order valence-corrected chi connectivity index (χ2v) is 11.5. The number of anilines is 2. The van der Waals surface area contributed by atoms with Gasteiger partial charge in [0, 0.05) is 31.0 Å². The molecule has 3 aromatic heterocycles. The number of hydrogen-bond donors (Lipinski definition) is 3. The number of nitrogens with zero attached hydrogens (tertiary/aromatic N) is 4. The lowest BCUT2D eigenvalue weighted by atomic mass is 9.98. The highest BCUT2D eigenvalue weighted by Crippen LogP contribution is 2.44. The van der Waals surface area contributed by atoms with E-state index in [-0.39, 0.29) is 30.0 Å². The van der Waals surface area contributed by atoms with Crippen molar-refractivity contribution < 1.29 is 14.3 Å². The van der Waals surface area contributed by atoms with Gasteiger partial charge in [-0.1, -0.05) is 46.7 Å². The molecular formula is C24H27Cl2N7O3S. The third kappa shape index (κ3) is 4.73. The van der Waals surface area contributed by atoms with Gasteiger partial charge in [-0.05, 0) is 20.3 Å². The Morgan fingerprint density at radius 3 is 2.81 bits per heavy atom. The van der Waals surface area contributed by atoms with E-state index in [9.17, 15) is 4.79 Å². The van der Waals surface area contributed by atoms with Crippen LogP contribution in [0.4, 0.5) is 15.6 Å². The number of aromatic amines is 1. The monoisotopic (exact) mass is 563 g/mol. The number of aromatic nitrogens is 4. The molecule has 3 aliphatic rings. The summed E-state index contributed by atoms with van der Waals surface area (Å²) in [5, 5.41) is 8.04. The van der Waals surface area contributed by atoms with E-state index in [1.165, 1.54) is 11.3 Å². The minimum Gasteiger partial charge on any atom is -0.443 e. The number of imidazole rings is 1. The zero-order chi connectivity index (χ0) is 25.7. The van der Waals surface area contributed by atoms with Gasteiger partial charge in [0.1, 0.15) is 16.5 Å². The Morgan fingerprint density at radius 2 is 2.03 bits per heavy atom. The molecule has 196 valence electrons. The van der Waals surface area contributed by atoms with Gasteiger partial charge in [0.05, 0.1) is 36.2 Å². The van der Waals surface area contributed by atoms with E-state index in [2.05, 4.69) is 42.6 Å². The van der Waals surface area contributed by atoms with Gasteiger partial charge >= 0.3 is 6.09 Å². The lowest BCUT2D eigenvalue weighted by molar-refractivity contribution is 0.0759. The van der Waals surface area contributed by atoms with Crippen LogP contribution in [0, 0.1) is 11.8 Å². The molecule has 1 aliphatic heterocycles. The first kappa shape index (κ1) is 24.7. The Hall–Kier alpha value is -2.60. The number of pyridine rings is 1. The maximum atomic E-state index is 12.4. The number of ether oxygens (including phenoxy) is 2. The fourth-order valence-corrected chi connectivity index (χ4v) is 6.68. The van der Waals surface area contributed by atoms with Crippen molar-refractivity contribution in [3.63, 3.8) is 0 Å². The van der Waals surface area contributed by atoms with Crippen LogP contribution in [0.2, 0.25) is 10.2 Å². The minimum absolute atomic E-state index is 0.00643. The lowest BCUT2D eigenvalue weighted by Crippen LogP contribution is -2.43. The van der Waals surface area contributed by atoms with Crippen LogP contribution in [0.1, 0.15) is 20.3 Å². The van der Waals surface area contributed by atoms with Crippen molar-refractivity contribution in [1.82, 2.24) is 25.3 Å². The molecule has 0 aromatic carbocycles. The van der Waals surface area contributed by atoms with Crippen LogP contribution in [0.3, 0.4) is 0 Å². The number of H-pyrrole nitrogens is 1. The molecule has 2 bridgehead atoms. The van der Waals surface area contributed by atoms with Crippen molar-refractivity contribution in [3.05, 3.63) is 28.5 Å². The minimum atomic E-state index is -0.418. The summed E-state index contributed by atoms with van der Waals surface area (Å²) in [6, 6.07) is -0.143. The van der Waals surface area contributed by atoms with Crippen LogP contribution in [0.15, 0.2) is 18.3 Å². The summed E-state index contributed by atoms with van der Waals surface area (Å²) in [6.07, 6.45) is 6.07. The molecule has 37 heavy (non-hydrogen) atoms. The maximum absolute atomic E-state index is 12.4. The predicted molar refractivity (Wildman–Crippen MR) is 145 cm³/mol. The van der Waals surface area contributed by atoms with E-state index in [1.807, 2.05) is 13.8 Å². The van der Waals surface area contributed by atoms with Gasteiger partial charge in [0.2, 0.25) is 0 Å². The van der Waals surface area contributed by atoms with Crippen molar-refractivity contribution in [2.75, 3.05) is 36.5 Å². The standard InChI is InChI=1S/C24H27Cl2N7O3S/c1-11(2)28-24(34)36-18-13-4-3-12(9-13)15(18)29-16-14(25)10-27-21-17(16)30-22(32-21)19-20(26)31-23(37-19)33-5-7-35-8-6-33/h3-4,10-13,15,18H,5-9H2,1-2H3,(H,28,34)(H2,27,29,30,32)/t12-,13+,15+,18-/m0/s1. The van der Waals surface area contributed by atoms with Crippen molar-refractivity contribution in [1.29, 1.82) is 0 Å². The normalized spacial score (nSPS) is 24.8. The van der Waals surface area contributed by atoms with E-state index in [1.54, 1.807) is 6.20 Å². The number of hydrogen-bond acceptors (Lipinski definition) is 9. The first-order valence-corrected chi connectivity index (χ1v) is 13.9. The molecule has 1 amide bonds. The molecule has 1 saturated heterocycles. The summed E-state index contributed by atoms with van der Waals surface area (Å²) >= 11 is 14.6. The number of morpholine rings is 1. The Balaban J connectivity index is 1.30. The number of nitrogens with one attached hydrogen (secondary N) is 3. The fraction of sp³-hybridized carbons (Fsp3) is 0.500. The highest BCUT2D eigenvalue weighted by Gasteiger charge is 2.47. The molecule has 0 spiro atoms. The number of carbonyl (C=O) groups excluding carboxylic acids is 1. The van der Waals surface area contributed by atoms with Gasteiger partial charge < -0.3 is 30.0 Å². The SMILES string of the molecule is CC(C)NC(=O)O[C@@H]1[C@H](Nc2c(Cl)cnc3nc(-c4sc(N5CCOCC5)nc4Cl)[nH]c23)[C@H]2C=C[C@@H]1C2. The zero-order valence-electron chi connectivity index (χ0n) is 20.3. The van der Waals surface area contributed by atoms with Crippen molar-refractivity contribution in [2.24, 2.45) is 11.8 Å². The smallest absolute Gasteiger partial charge is 0.407 e. The molecule has 0 radical (unpaired) electrons. The van der Waals surface area contributed by atoms with Gasteiger partial charge in [-0.15, -0.1) is 0 Å². The molecular weight excluding hydrogens is 537 g/mol. The lowest BCUT2D eigenvalue weighted by Gasteiger charge is -2.30. The number of rotatable bonds is 6. The number of thiazole rings is 1. The molecule has 2 fully saturated rings. The Bertz CT molecular complexity index is 1350. The summed E-state index contributed by atoms with van der Waals surface area (Å²) < 4.78 is 11.3. The van der Waals surface area contributed by atoms with E-state index in [0.29, 0.717) is 46.1 Å². The number of halogens is 2. The van der Waals surface area contributed by atoms with E-state index in [0.717, 1.165) is 29.5 Å². The molecule has 6 rings (SSSR count). The van der Waals surface area contributed by atoms with Crippen LogP contribution < -0.4 is 15.5 Å². The summed E-state index contributed by atoms with van der Waals surface area (Å²) in [6.45, 7) is 6.67. The summed E-state index contributed by atoms with van der Waals surface area (Å²) in [7, 11) is 0. The molecule has 1 saturated carbocycles. The molecule has 3 aromatic rings. The summed E-state index contributed by atoms with van der Waals surface area (Å²) in [4.78, 5) is 32.3. The van der Waals surface area contributed by atoms with Crippen molar-refractivity contribution >= 4 is 62.6 Å². The molecule has 0 unspecified atom stereocenters. The maximum Gasteiger partial charge on any atom is 0.407 e. The Morgan fingerprint density at radius 1 is 1.24 bits per heavy atom. The number of carbonyl (C=O) groups is 1. The number of fused-ring (bicyclic) bond motifs is 3. The van der Waals surface area contributed by atoms with Crippen LogP contribution in [-0.2, 0) is 9.47 Å². The van der Waals surface area contributed by atoms with Crippen LogP contribution in [0.25, 0.3) is 21.9 Å². The third-order valence-electron chi connectivity index (χ3n) is 6.89. The number of alkyl carbamates (subject to hydrolysis) is 1. The average molecular weight is 564 g/mol. The molecule has 10 nitrogen and oxygen atoms in total. The van der Waals surface area contributed by atoms with Crippen molar-refractivity contribution in [2.45, 2.75) is 38.5 Å². The van der Waals surface area contributed by atoms with Crippen LogP contribution in [-0.4, -0.2) is 70.5 Å². The van der Waals surface area contributed by atoms with Gasteiger partial charge in [0.15, 0.2) is 21.8 Å². The molecule has 2 aliphatic carbocycles. The van der Waals surface area contributed by atoms with Crippen LogP contribution >= 0.6 is 34.5 Å². The van der Waals surface area contributed by atoms with Crippen molar-refractivity contribution in [3.8, 4) is 10.7 Å². The molecule has 4 atom stereocenters. The topological polar surface area (TPSA) is 117 Å². The molecule has 13 heteroatoms. The summed E-state index contributed by atoms with van der Waals surface area (Å²) in [5.74, 6) is 0.950. The first-order chi connectivity index (χ1) is 17.9. The quantitative estimate of drug-likeness (QED) is 0.369. The first-order valence-electron chi connectivity index (χ1n) is 12.3. The van der Waals surface area contributed by atoms with E-state index < -0.39 is 6.09 Å². The molecule has 4 heterocycles. The van der Waals surface area contributed by atoms with Gasteiger partial charge in [-0.3, -0.25) is 0 Å². The number of amides is 1.